The molecule has 4 fully saturated rings. The molecular formula is C31H46BN3O5. The van der Waals surface area contributed by atoms with Crippen molar-refractivity contribution in [1.29, 1.82) is 0 Å². The predicted octanol–water partition coefficient (Wildman–Crippen LogP) is 4.23. The number of ether oxygens (including phenoxy) is 1. The molecular weight excluding hydrogens is 505 g/mol. The van der Waals surface area contributed by atoms with Crippen LogP contribution in [-0.4, -0.2) is 84.0 Å². The molecule has 5 aliphatic rings. The second-order valence-corrected chi connectivity index (χ2v) is 14.6. The van der Waals surface area contributed by atoms with E-state index >= 15 is 0 Å². The Morgan fingerprint density at radius 1 is 0.950 bits per heavy atom. The third kappa shape index (κ3) is 4.56. The summed E-state index contributed by atoms with van der Waals surface area (Å²) in [5.74, 6) is 0.197. The summed E-state index contributed by atoms with van der Waals surface area (Å²) in [5, 5.41) is 0. The fourth-order valence-corrected chi connectivity index (χ4v) is 7.15. The van der Waals surface area contributed by atoms with Gasteiger partial charge in [-0.3, -0.25) is 4.79 Å². The van der Waals surface area contributed by atoms with Crippen molar-refractivity contribution in [2.75, 3.05) is 31.1 Å². The van der Waals surface area contributed by atoms with Crippen molar-refractivity contribution < 1.29 is 23.6 Å². The van der Waals surface area contributed by atoms with Gasteiger partial charge in [-0.2, -0.15) is 0 Å². The third-order valence-corrected chi connectivity index (χ3v) is 10.3. The molecule has 0 radical (unpaired) electrons. The first-order valence-corrected chi connectivity index (χ1v) is 15.3. The highest BCUT2D eigenvalue weighted by atomic mass is 16.7. The third-order valence-electron chi connectivity index (χ3n) is 10.3. The molecule has 4 heterocycles. The Bertz CT molecular complexity index is 1160. The number of hydrogen-bond donors (Lipinski definition) is 0. The van der Waals surface area contributed by atoms with E-state index in [4.69, 9.17) is 14.0 Å². The highest BCUT2D eigenvalue weighted by molar-refractivity contribution is 6.62. The first kappa shape index (κ1) is 28.0. The number of piperidine rings is 1. The largest absolute Gasteiger partial charge is 0.494 e. The molecule has 1 spiro atoms. The monoisotopic (exact) mass is 551 g/mol. The van der Waals surface area contributed by atoms with E-state index < -0.39 is 29.3 Å². The molecule has 1 aliphatic carbocycles. The Kier molecular flexibility index (Phi) is 6.63. The summed E-state index contributed by atoms with van der Waals surface area (Å²) in [6.07, 6.45) is 5.51. The Balaban J connectivity index is 1.28. The smallest absolute Gasteiger partial charge is 0.444 e. The summed E-state index contributed by atoms with van der Waals surface area (Å²) in [6, 6.07) is 7.13. The molecule has 9 heteroatoms. The van der Waals surface area contributed by atoms with Gasteiger partial charge in [-0.05, 0) is 117 Å². The van der Waals surface area contributed by atoms with Gasteiger partial charge >= 0.3 is 13.2 Å². The lowest BCUT2D eigenvalue weighted by molar-refractivity contribution is -0.126. The van der Waals surface area contributed by atoms with Crippen LogP contribution in [0.25, 0.3) is 0 Å². The second-order valence-electron chi connectivity index (χ2n) is 14.6. The van der Waals surface area contributed by atoms with Crippen molar-refractivity contribution in [2.45, 2.75) is 121 Å². The van der Waals surface area contributed by atoms with Crippen LogP contribution < -0.4 is 10.4 Å². The van der Waals surface area contributed by atoms with Crippen LogP contribution >= 0.6 is 0 Å². The fraction of sp³-hybridized carbons (Fsp3) is 0.742. The Labute approximate surface area is 239 Å². The number of benzene rings is 1. The van der Waals surface area contributed by atoms with Gasteiger partial charge in [-0.1, -0.05) is 12.1 Å². The summed E-state index contributed by atoms with van der Waals surface area (Å²) >= 11 is 0. The number of hydrogen-bond acceptors (Lipinski definition) is 6. The molecule has 6 rings (SSSR count). The van der Waals surface area contributed by atoms with Crippen molar-refractivity contribution in [3.63, 3.8) is 0 Å². The Hall–Kier alpha value is -2.10. The topological polar surface area (TPSA) is 71.6 Å². The molecule has 8 nitrogen and oxygen atoms in total. The number of nitrogens with zero attached hydrogens (tertiary/aromatic N) is 3. The van der Waals surface area contributed by atoms with E-state index in [2.05, 4.69) is 55.7 Å². The van der Waals surface area contributed by atoms with E-state index in [1.807, 2.05) is 20.8 Å². The summed E-state index contributed by atoms with van der Waals surface area (Å²) in [5.41, 5.74) is 1.03. The van der Waals surface area contributed by atoms with Gasteiger partial charge in [-0.25, -0.2) is 4.79 Å². The molecule has 40 heavy (non-hydrogen) atoms. The fourth-order valence-electron chi connectivity index (χ4n) is 7.15. The molecule has 0 atom stereocenters. The van der Waals surface area contributed by atoms with Gasteiger partial charge in [0, 0.05) is 30.9 Å². The second kappa shape index (κ2) is 9.46. The molecule has 0 bridgehead atoms. The summed E-state index contributed by atoms with van der Waals surface area (Å²) in [6.45, 7) is 17.3. The maximum atomic E-state index is 14.5. The molecule has 0 aromatic heterocycles. The van der Waals surface area contributed by atoms with Crippen molar-refractivity contribution in [1.82, 2.24) is 9.80 Å². The number of likely N-dealkylation sites (tertiary alicyclic amines) is 2. The molecule has 1 aromatic rings. The molecule has 3 saturated heterocycles. The van der Waals surface area contributed by atoms with Crippen LogP contribution in [0, 0.1) is 0 Å². The number of rotatable bonds is 3. The zero-order valence-corrected chi connectivity index (χ0v) is 25.4. The van der Waals surface area contributed by atoms with E-state index in [1.54, 1.807) is 4.90 Å². The summed E-state index contributed by atoms with van der Waals surface area (Å²) in [4.78, 5) is 33.7. The highest BCUT2D eigenvalue weighted by Gasteiger charge is 2.57. The van der Waals surface area contributed by atoms with Gasteiger partial charge in [-0.15, -0.1) is 0 Å². The van der Waals surface area contributed by atoms with Crippen LogP contribution in [0.5, 0.6) is 0 Å². The number of carbonyl (C=O) groups is 2. The summed E-state index contributed by atoms with van der Waals surface area (Å²) in [7, 11) is -0.475. The maximum Gasteiger partial charge on any atom is 0.494 e. The minimum atomic E-state index is -0.610. The van der Waals surface area contributed by atoms with Crippen LogP contribution in [0.15, 0.2) is 18.2 Å². The number of fused-ring (bicyclic) bond motifs is 2. The van der Waals surface area contributed by atoms with Gasteiger partial charge in [0.2, 0.25) is 5.91 Å². The van der Waals surface area contributed by atoms with Crippen LogP contribution in [-0.2, 0) is 24.3 Å². The molecule has 218 valence electrons. The van der Waals surface area contributed by atoms with E-state index in [9.17, 15) is 9.59 Å². The van der Waals surface area contributed by atoms with Crippen LogP contribution in [0.1, 0.15) is 92.6 Å². The number of amides is 2. The first-order valence-electron chi connectivity index (χ1n) is 15.3. The van der Waals surface area contributed by atoms with E-state index in [1.165, 1.54) is 25.9 Å². The lowest BCUT2D eigenvalue weighted by Gasteiger charge is -2.46. The Morgan fingerprint density at radius 3 is 2.12 bits per heavy atom. The first-order chi connectivity index (χ1) is 18.7. The van der Waals surface area contributed by atoms with Gasteiger partial charge in [0.05, 0.1) is 16.6 Å². The van der Waals surface area contributed by atoms with Crippen molar-refractivity contribution in [2.24, 2.45) is 0 Å². The van der Waals surface area contributed by atoms with Crippen molar-refractivity contribution in [3.05, 3.63) is 23.8 Å². The Morgan fingerprint density at radius 2 is 1.55 bits per heavy atom. The van der Waals surface area contributed by atoms with Gasteiger partial charge in [0.1, 0.15) is 5.60 Å². The van der Waals surface area contributed by atoms with Crippen LogP contribution in [0.3, 0.4) is 0 Å². The van der Waals surface area contributed by atoms with Crippen LogP contribution in [0.2, 0.25) is 0 Å². The molecule has 0 unspecified atom stereocenters. The standard InChI is InChI=1S/C31H46BN3O5/c1-28(2,3)38-27(37)34-16-12-31(13-17-34)24-11-10-21(32-39-29(4,5)30(6,7)40-32)18-25(24)35(26(31)36)23-19-22(20-23)33-14-8-9-15-33/h10-11,18,22-23H,8-9,12-17,19-20H2,1-7H3/t22-,23+. The summed E-state index contributed by atoms with van der Waals surface area (Å²) < 4.78 is 18.4. The lowest BCUT2D eigenvalue weighted by atomic mass is 9.71. The molecule has 2 amide bonds. The van der Waals surface area contributed by atoms with Crippen molar-refractivity contribution >= 4 is 30.3 Å². The van der Waals surface area contributed by atoms with E-state index in [0.29, 0.717) is 32.0 Å². The lowest BCUT2D eigenvalue weighted by Crippen LogP contribution is -2.57. The van der Waals surface area contributed by atoms with Gasteiger partial charge in [0.15, 0.2) is 0 Å². The highest BCUT2D eigenvalue weighted by Crippen LogP contribution is 2.51. The quantitative estimate of drug-likeness (QED) is 0.524. The normalized spacial score (nSPS) is 29.2. The molecule has 4 aliphatic heterocycles. The number of carbonyl (C=O) groups excluding carboxylic acids is 2. The van der Waals surface area contributed by atoms with Gasteiger partial charge < -0.3 is 28.7 Å². The average molecular weight is 552 g/mol. The SMILES string of the molecule is CC(C)(C)OC(=O)N1CCC2(CC1)C(=O)N([C@H]1C[C@@H](N3CCCC3)C1)c1cc(B3OC(C)(C)C(C)(C)O3)ccc12. The molecule has 1 aromatic carbocycles. The van der Waals surface area contributed by atoms with E-state index in [0.717, 1.165) is 29.6 Å². The zero-order valence-electron chi connectivity index (χ0n) is 25.4. The maximum absolute atomic E-state index is 14.5. The zero-order chi connectivity index (χ0) is 28.7. The predicted molar refractivity (Wildman–Crippen MR) is 156 cm³/mol. The van der Waals surface area contributed by atoms with Crippen molar-refractivity contribution in [3.8, 4) is 0 Å². The average Bonchev–Trinajstić information content (AvgIpc) is 3.50. The van der Waals surface area contributed by atoms with E-state index in [-0.39, 0.29) is 18.0 Å². The minimum Gasteiger partial charge on any atom is -0.444 e. The molecule has 0 N–H and O–H groups in total. The minimum absolute atomic E-state index is 0.197. The molecule has 1 saturated carbocycles. The van der Waals surface area contributed by atoms with Gasteiger partial charge in [0.25, 0.3) is 0 Å². The number of anilines is 1. The van der Waals surface area contributed by atoms with Crippen LogP contribution in [0.4, 0.5) is 10.5 Å².